The summed E-state index contributed by atoms with van der Waals surface area (Å²) in [7, 11) is 0. The van der Waals surface area contributed by atoms with E-state index in [4.69, 9.17) is 4.74 Å². The highest BCUT2D eigenvalue weighted by Gasteiger charge is 2.37. The molecule has 0 atom stereocenters. The summed E-state index contributed by atoms with van der Waals surface area (Å²) in [6.07, 6.45) is 2.58. The van der Waals surface area contributed by atoms with Gasteiger partial charge in [0.2, 0.25) is 0 Å². The molecule has 5 heteroatoms. The fourth-order valence-electron chi connectivity index (χ4n) is 3.13. The molecule has 1 aliphatic heterocycles. The maximum Gasteiger partial charge on any atom is 0.410 e. The van der Waals surface area contributed by atoms with Gasteiger partial charge in [-0.2, -0.15) is 0 Å². The van der Waals surface area contributed by atoms with Gasteiger partial charge >= 0.3 is 6.09 Å². The number of aromatic amines is 1. The first-order valence-corrected chi connectivity index (χ1v) is 8.05. The zero-order valence-electron chi connectivity index (χ0n) is 13.9. The van der Waals surface area contributed by atoms with Crippen LogP contribution in [0.15, 0.2) is 30.5 Å². The average molecular weight is 316 g/mol. The molecule has 23 heavy (non-hydrogen) atoms. The fourth-order valence-corrected chi connectivity index (χ4v) is 3.13. The van der Waals surface area contributed by atoms with Crippen LogP contribution in [0.2, 0.25) is 0 Å². The molecule has 1 amide bonds. The van der Waals surface area contributed by atoms with Crippen LogP contribution in [0.1, 0.15) is 39.2 Å². The number of aromatic nitrogens is 1. The number of hydrogen-bond acceptors (Lipinski definition) is 3. The second-order valence-corrected chi connectivity index (χ2v) is 7.25. The molecule has 5 nitrogen and oxygen atoms in total. The number of ether oxygens (including phenoxy) is 1. The standard InChI is InChI=1S/C18H24N2O3/c1-17(2,3)23-16(21)20-11-8-18(22,9-12-20)14-6-4-5-13-7-10-19-15(13)14/h4-7,10,19,22H,8-9,11-12H2,1-3H3. The van der Waals surface area contributed by atoms with E-state index < -0.39 is 11.2 Å². The number of H-pyrrole nitrogens is 1. The molecule has 0 aliphatic carbocycles. The highest BCUT2D eigenvalue weighted by atomic mass is 16.6. The van der Waals surface area contributed by atoms with E-state index in [1.54, 1.807) is 4.90 Å². The Balaban J connectivity index is 1.75. The van der Waals surface area contributed by atoms with Gasteiger partial charge in [0.15, 0.2) is 0 Å². The number of benzene rings is 1. The number of rotatable bonds is 1. The first kappa shape index (κ1) is 15.9. The van der Waals surface area contributed by atoms with Crippen LogP contribution in [-0.4, -0.2) is 39.8 Å². The number of amides is 1. The van der Waals surface area contributed by atoms with Crippen LogP contribution in [0.4, 0.5) is 4.79 Å². The number of aliphatic hydroxyl groups is 1. The summed E-state index contributed by atoms with van der Waals surface area (Å²) in [4.78, 5) is 17.0. The van der Waals surface area contributed by atoms with Crippen LogP contribution >= 0.6 is 0 Å². The molecule has 124 valence electrons. The van der Waals surface area contributed by atoms with Crippen LogP contribution in [0.5, 0.6) is 0 Å². The summed E-state index contributed by atoms with van der Waals surface area (Å²) >= 11 is 0. The van der Waals surface area contributed by atoms with E-state index in [2.05, 4.69) is 4.98 Å². The number of likely N-dealkylation sites (tertiary alicyclic amines) is 1. The van der Waals surface area contributed by atoms with Crippen molar-refractivity contribution >= 4 is 17.0 Å². The second kappa shape index (κ2) is 5.57. The lowest BCUT2D eigenvalue weighted by Crippen LogP contribution is -2.46. The van der Waals surface area contributed by atoms with Crippen molar-refractivity contribution in [3.05, 3.63) is 36.0 Å². The summed E-state index contributed by atoms with van der Waals surface area (Å²) in [6.45, 7) is 6.55. The van der Waals surface area contributed by atoms with Crippen molar-refractivity contribution in [2.24, 2.45) is 0 Å². The van der Waals surface area contributed by atoms with Gasteiger partial charge in [-0.15, -0.1) is 0 Å². The molecule has 2 aromatic rings. The zero-order chi connectivity index (χ0) is 16.7. The van der Waals surface area contributed by atoms with Gasteiger partial charge in [0.25, 0.3) is 0 Å². The molecule has 2 N–H and O–H groups in total. The molecule has 0 radical (unpaired) electrons. The third-order valence-electron chi connectivity index (χ3n) is 4.33. The second-order valence-electron chi connectivity index (χ2n) is 7.25. The monoisotopic (exact) mass is 316 g/mol. The highest BCUT2D eigenvalue weighted by molar-refractivity contribution is 5.83. The number of carbonyl (C=O) groups excluding carboxylic acids is 1. The van der Waals surface area contributed by atoms with Crippen molar-refractivity contribution in [3.8, 4) is 0 Å². The number of fused-ring (bicyclic) bond motifs is 1. The van der Waals surface area contributed by atoms with Crippen molar-refractivity contribution in [1.82, 2.24) is 9.88 Å². The van der Waals surface area contributed by atoms with Crippen molar-refractivity contribution in [2.45, 2.75) is 44.8 Å². The lowest BCUT2D eigenvalue weighted by atomic mass is 9.83. The van der Waals surface area contributed by atoms with Gasteiger partial charge in [-0.25, -0.2) is 4.79 Å². The molecule has 1 aromatic carbocycles. The van der Waals surface area contributed by atoms with Crippen molar-refractivity contribution < 1.29 is 14.6 Å². The highest BCUT2D eigenvalue weighted by Crippen LogP contribution is 2.36. The largest absolute Gasteiger partial charge is 0.444 e. The smallest absolute Gasteiger partial charge is 0.410 e. The van der Waals surface area contributed by atoms with Gasteiger partial charge in [0, 0.05) is 24.8 Å². The number of nitrogens with zero attached hydrogens (tertiary/aromatic N) is 1. The molecule has 0 bridgehead atoms. The van der Waals surface area contributed by atoms with Crippen molar-refractivity contribution in [3.63, 3.8) is 0 Å². The Morgan fingerprint density at radius 1 is 1.26 bits per heavy atom. The molecular formula is C18H24N2O3. The first-order valence-electron chi connectivity index (χ1n) is 8.05. The van der Waals surface area contributed by atoms with Gasteiger partial charge in [0.05, 0.1) is 11.1 Å². The van der Waals surface area contributed by atoms with E-state index in [0.717, 1.165) is 16.5 Å². The van der Waals surface area contributed by atoms with Crippen LogP contribution < -0.4 is 0 Å². The van der Waals surface area contributed by atoms with E-state index in [1.165, 1.54) is 0 Å². The first-order chi connectivity index (χ1) is 10.8. The molecule has 0 spiro atoms. The number of carbonyl (C=O) groups is 1. The van der Waals surface area contributed by atoms with E-state index in [9.17, 15) is 9.90 Å². The molecule has 1 aliphatic rings. The molecule has 1 aromatic heterocycles. The van der Waals surface area contributed by atoms with E-state index in [1.807, 2.05) is 51.2 Å². The maximum atomic E-state index is 12.1. The maximum absolute atomic E-state index is 12.1. The number of para-hydroxylation sites is 1. The summed E-state index contributed by atoms with van der Waals surface area (Å²) < 4.78 is 5.41. The molecule has 2 heterocycles. The van der Waals surface area contributed by atoms with E-state index in [0.29, 0.717) is 25.9 Å². The lowest BCUT2D eigenvalue weighted by molar-refractivity contribution is -0.0348. The molecule has 1 fully saturated rings. The Morgan fingerprint density at radius 3 is 2.61 bits per heavy atom. The third kappa shape index (κ3) is 3.20. The normalized spacial score (nSPS) is 18.2. The van der Waals surface area contributed by atoms with Crippen molar-refractivity contribution in [1.29, 1.82) is 0 Å². The molecular weight excluding hydrogens is 292 g/mol. The lowest BCUT2D eigenvalue weighted by Gasteiger charge is -2.39. The van der Waals surface area contributed by atoms with Crippen LogP contribution in [-0.2, 0) is 10.3 Å². The number of hydrogen-bond donors (Lipinski definition) is 2. The van der Waals surface area contributed by atoms with Crippen molar-refractivity contribution in [2.75, 3.05) is 13.1 Å². The van der Waals surface area contributed by atoms with E-state index in [-0.39, 0.29) is 6.09 Å². The van der Waals surface area contributed by atoms with Crippen LogP contribution in [0.25, 0.3) is 10.9 Å². The fraction of sp³-hybridized carbons (Fsp3) is 0.500. The van der Waals surface area contributed by atoms with Gasteiger partial charge < -0.3 is 19.7 Å². The minimum atomic E-state index is -0.914. The Hall–Kier alpha value is -2.01. The summed E-state index contributed by atoms with van der Waals surface area (Å²) in [5, 5.41) is 12.2. The third-order valence-corrected chi connectivity index (χ3v) is 4.33. The van der Waals surface area contributed by atoms with Gasteiger partial charge in [-0.05, 0) is 45.1 Å². The quantitative estimate of drug-likeness (QED) is 0.847. The summed E-state index contributed by atoms with van der Waals surface area (Å²) in [5.41, 5.74) is 0.466. The van der Waals surface area contributed by atoms with Gasteiger partial charge in [-0.1, -0.05) is 18.2 Å². The topological polar surface area (TPSA) is 65.6 Å². The zero-order valence-corrected chi connectivity index (χ0v) is 13.9. The SMILES string of the molecule is CC(C)(C)OC(=O)N1CCC(O)(c2cccc3cc[nH]c23)CC1. The molecule has 1 saturated heterocycles. The Morgan fingerprint density at radius 2 is 1.96 bits per heavy atom. The Kier molecular flexibility index (Phi) is 3.84. The molecule has 0 unspecified atom stereocenters. The predicted octanol–water partition coefficient (Wildman–Crippen LogP) is 3.39. The van der Waals surface area contributed by atoms with Crippen LogP contribution in [0, 0.1) is 0 Å². The predicted molar refractivity (Wildman–Crippen MR) is 89.2 cm³/mol. The molecule has 0 saturated carbocycles. The van der Waals surface area contributed by atoms with Crippen LogP contribution in [0.3, 0.4) is 0 Å². The number of nitrogens with one attached hydrogen (secondary N) is 1. The Bertz CT molecular complexity index is 706. The minimum absolute atomic E-state index is 0.308. The number of piperidine rings is 1. The minimum Gasteiger partial charge on any atom is -0.444 e. The summed E-state index contributed by atoms with van der Waals surface area (Å²) in [6, 6.07) is 7.94. The van der Waals surface area contributed by atoms with Gasteiger partial charge in [-0.3, -0.25) is 0 Å². The summed E-state index contributed by atoms with van der Waals surface area (Å²) in [5.74, 6) is 0. The van der Waals surface area contributed by atoms with Gasteiger partial charge in [0.1, 0.15) is 5.60 Å². The molecule has 3 rings (SSSR count). The van der Waals surface area contributed by atoms with E-state index >= 15 is 0 Å². The Labute approximate surface area is 136 Å². The average Bonchev–Trinajstić information content (AvgIpc) is 2.94.